The molecule has 4 aliphatic heterocycles. The van der Waals surface area contributed by atoms with Gasteiger partial charge in [0.05, 0.1) is 16.6 Å². The molecule has 1 spiro atoms. The van der Waals surface area contributed by atoms with E-state index in [4.69, 9.17) is 9.31 Å². The second-order valence-corrected chi connectivity index (χ2v) is 14.7. The number of rotatable bonds is 3. The smallest absolute Gasteiger partial charge is 0.399 e. The number of hydrogen-bond donors (Lipinski definition) is 0. The molecular weight excluding hydrogens is 473 g/mol. The Labute approximate surface area is 230 Å². The number of fused-ring (bicyclic) bond motifs is 2. The highest BCUT2D eigenvalue weighted by Crippen LogP contribution is 2.51. The van der Waals surface area contributed by atoms with Crippen molar-refractivity contribution in [2.45, 2.75) is 128 Å². The third-order valence-electron chi connectivity index (χ3n) is 10.9. The zero-order valence-corrected chi connectivity index (χ0v) is 24.8. The van der Waals surface area contributed by atoms with Crippen LogP contribution in [0.2, 0.25) is 0 Å². The number of anilines is 1. The van der Waals surface area contributed by atoms with Crippen LogP contribution < -0.4 is 10.4 Å². The Hall–Kier alpha value is -1.41. The van der Waals surface area contributed by atoms with E-state index >= 15 is 0 Å². The maximum Gasteiger partial charge on any atom is 0.494 e. The predicted molar refractivity (Wildman–Crippen MR) is 154 cm³/mol. The molecule has 0 atom stereocenters. The van der Waals surface area contributed by atoms with Gasteiger partial charge in [-0.2, -0.15) is 0 Å². The van der Waals surface area contributed by atoms with Crippen LogP contribution in [-0.2, 0) is 19.5 Å². The summed E-state index contributed by atoms with van der Waals surface area (Å²) in [5.74, 6) is 0.342. The van der Waals surface area contributed by atoms with Gasteiger partial charge in [0.2, 0.25) is 5.91 Å². The van der Waals surface area contributed by atoms with Crippen LogP contribution in [0.3, 0.4) is 0 Å². The van der Waals surface area contributed by atoms with E-state index in [-0.39, 0.29) is 16.7 Å². The molecule has 1 aromatic rings. The lowest BCUT2D eigenvalue weighted by atomic mass is 9.71. The van der Waals surface area contributed by atoms with Gasteiger partial charge in [0.1, 0.15) is 0 Å². The van der Waals surface area contributed by atoms with E-state index in [0.29, 0.717) is 18.0 Å². The monoisotopic (exact) mass is 521 g/mol. The summed E-state index contributed by atoms with van der Waals surface area (Å²) in [6.07, 6.45) is 7.97. The predicted octanol–water partition coefficient (Wildman–Crippen LogP) is 4.48. The fraction of sp³-hybridized carbons (Fsp3) is 0.774. The summed E-state index contributed by atoms with van der Waals surface area (Å²) in [4.78, 5) is 21.9. The lowest BCUT2D eigenvalue weighted by Crippen LogP contribution is -2.59. The quantitative estimate of drug-likeness (QED) is 0.549. The number of carbonyl (C=O) groups excluding carboxylic acids is 1. The number of nitrogens with zero attached hydrogens (tertiary/aromatic N) is 3. The second-order valence-electron chi connectivity index (χ2n) is 14.7. The van der Waals surface area contributed by atoms with Crippen LogP contribution in [-0.4, -0.2) is 77.8 Å². The number of hydrogen-bond acceptors (Lipinski definition) is 5. The van der Waals surface area contributed by atoms with Gasteiger partial charge in [-0.1, -0.05) is 18.6 Å². The highest BCUT2D eigenvalue weighted by atomic mass is 16.7. The minimum absolute atomic E-state index is 0.127. The van der Waals surface area contributed by atoms with E-state index < -0.39 is 12.5 Å². The van der Waals surface area contributed by atoms with Crippen LogP contribution in [0.5, 0.6) is 0 Å². The first-order chi connectivity index (χ1) is 17.8. The summed E-state index contributed by atoms with van der Waals surface area (Å²) in [5, 5.41) is 0. The van der Waals surface area contributed by atoms with E-state index in [2.05, 4.69) is 81.4 Å². The summed E-state index contributed by atoms with van der Waals surface area (Å²) in [5.41, 5.74) is 2.33. The third kappa shape index (κ3) is 4.18. The van der Waals surface area contributed by atoms with Crippen molar-refractivity contribution in [2.24, 2.45) is 0 Å². The summed E-state index contributed by atoms with van der Waals surface area (Å²) >= 11 is 0. The number of benzene rings is 1. The number of piperidine rings is 2. The maximum atomic E-state index is 14.5. The molecule has 208 valence electrons. The van der Waals surface area contributed by atoms with Crippen molar-refractivity contribution in [3.05, 3.63) is 23.8 Å². The number of likely N-dealkylation sites (tertiary alicyclic amines) is 2. The third-order valence-corrected chi connectivity index (χ3v) is 10.9. The van der Waals surface area contributed by atoms with Crippen molar-refractivity contribution in [2.75, 3.05) is 31.1 Å². The molecule has 6 rings (SSSR count). The van der Waals surface area contributed by atoms with Crippen LogP contribution in [0.15, 0.2) is 18.2 Å². The van der Waals surface area contributed by atoms with Crippen molar-refractivity contribution in [1.82, 2.24) is 9.80 Å². The van der Waals surface area contributed by atoms with E-state index in [1.807, 2.05) is 0 Å². The van der Waals surface area contributed by atoms with Gasteiger partial charge in [0.25, 0.3) is 0 Å². The molecule has 5 aliphatic rings. The molecule has 0 unspecified atom stereocenters. The molecule has 7 heteroatoms. The average Bonchev–Trinajstić information content (AvgIpc) is 3.19. The zero-order chi connectivity index (χ0) is 27.1. The van der Waals surface area contributed by atoms with Gasteiger partial charge in [-0.15, -0.1) is 0 Å². The largest absolute Gasteiger partial charge is 0.494 e. The molecule has 0 radical (unpaired) electrons. The SMILES string of the molecule is CC(C)(C)N1CCC2(CC1)C(=O)N([C@H]1C[C@@H](N3CCCCC3)C1)c1cc(B3OC(C)(C)C(C)(C)O3)ccc12. The van der Waals surface area contributed by atoms with Gasteiger partial charge < -0.3 is 19.1 Å². The molecule has 1 aliphatic carbocycles. The Balaban J connectivity index is 1.31. The maximum absolute atomic E-state index is 14.5. The summed E-state index contributed by atoms with van der Waals surface area (Å²) in [7, 11) is -0.413. The standard InChI is InChI=1S/C31H48BN3O3/c1-28(2,3)34-17-13-31(14-18-34)25-12-11-22(32-37-29(4,5)30(6,7)38-32)19-26(25)35(27(31)36)24-20-23(21-24)33-15-9-8-10-16-33/h11-12,19,23-24H,8-10,13-18,20-21H2,1-7H3/t23-,24+. The molecule has 4 heterocycles. The van der Waals surface area contributed by atoms with E-state index in [1.165, 1.54) is 37.9 Å². The number of amides is 1. The average molecular weight is 522 g/mol. The van der Waals surface area contributed by atoms with Crippen LogP contribution in [0.1, 0.15) is 99.0 Å². The second kappa shape index (κ2) is 9.05. The molecule has 0 aromatic heterocycles. The molecule has 38 heavy (non-hydrogen) atoms. The Bertz CT molecular complexity index is 1060. The topological polar surface area (TPSA) is 45.3 Å². The fourth-order valence-corrected chi connectivity index (χ4v) is 7.49. The molecule has 1 amide bonds. The van der Waals surface area contributed by atoms with Crippen LogP contribution in [0.4, 0.5) is 5.69 Å². The molecule has 1 saturated carbocycles. The molecule has 6 nitrogen and oxygen atoms in total. The van der Waals surface area contributed by atoms with Crippen LogP contribution >= 0.6 is 0 Å². The van der Waals surface area contributed by atoms with Crippen molar-refractivity contribution >= 4 is 24.2 Å². The molecule has 0 bridgehead atoms. The Morgan fingerprint density at radius 2 is 1.47 bits per heavy atom. The highest BCUT2D eigenvalue weighted by molar-refractivity contribution is 6.62. The van der Waals surface area contributed by atoms with Gasteiger partial charge in [0.15, 0.2) is 0 Å². The summed E-state index contributed by atoms with van der Waals surface area (Å²) in [6, 6.07) is 7.55. The Morgan fingerprint density at radius 3 is 2.05 bits per heavy atom. The lowest BCUT2D eigenvalue weighted by Gasteiger charge is -2.48. The first kappa shape index (κ1) is 26.8. The van der Waals surface area contributed by atoms with Gasteiger partial charge in [0, 0.05) is 36.4 Å². The Morgan fingerprint density at radius 1 is 0.868 bits per heavy atom. The molecular formula is C31H48BN3O3. The van der Waals surface area contributed by atoms with E-state index in [0.717, 1.165) is 49.9 Å². The minimum Gasteiger partial charge on any atom is -0.399 e. The van der Waals surface area contributed by atoms with Crippen molar-refractivity contribution in [3.63, 3.8) is 0 Å². The zero-order valence-electron chi connectivity index (χ0n) is 24.8. The first-order valence-electron chi connectivity index (χ1n) is 15.2. The Kier molecular flexibility index (Phi) is 6.39. The number of carbonyl (C=O) groups is 1. The summed E-state index contributed by atoms with van der Waals surface area (Å²) in [6.45, 7) is 19.6. The van der Waals surface area contributed by atoms with Crippen molar-refractivity contribution < 1.29 is 14.1 Å². The lowest BCUT2D eigenvalue weighted by molar-refractivity contribution is -0.126. The summed E-state index contributed by atoms with van der Waals surface area (Å²) < 4.78 is 12.8. The molecule has 0 N–H and O–H groups in total. The van der Waals surface area contributed by atoms with Gasteiger partial charge in [-0.05, 0) is 117 Å². The highest BCUT2D eigenvalue weighted by Gasteiger charge is 2.57. The minimum atomic E-state index is -0.413. The van der Waals surface area contributed by atoms with Gasteiger partial charge >= 0.3 is 7.12 Å². The van der Waals surface area contributed by atoms with Gasteiger partial charge in [-0.25, -0.2) is 0 Å². The first-order valence-corrected chi connectivity index (χ1v) is 15.2. The fourth-order valence-electron chi connectivity index (χ4n) is 7.49. The van der Waals surface area contributed by atoms with Gasteiger partial charge in [-0.3, -0.25) is 9.69 Å². The van der Waals surface area contributed by atoms with Crippen LogP contribution in [0, 0.1) is 0 Å². The molecule has 3 saturated heterocycles. The van der Waals surface area contributed by atoms with Crippen molar-refractivity contribution in [1.29, 1.82) is 0 Å². The van der Waals surface area contributed by atoms with E-state index in [1.54, 1.807) is 0 Å². The van der Waals surface area contributed by atoms with E-state index in [9.17, 15) is 4.79 Å². The molecule has 1 aromatic carbocycles. The normalized spacial score (nSPS) is 31.1. The van der Waals surface area contributed by atoms with Crippen LogP contribution in [0.25, 0.3) is 0 Å². The molecule has 4 fully saturated rings. The van der Waals surface area contributed by atoms with Crippen molar-refractivity contribution in [3.8, 4) is 0 Å².